The van der Waals surface area contributed by atoms with Gasteiger partial charge in [-0.05, 0) is 5.56 Å². The quantitative estimate of drug-likeness (QED) is 0.715. The number of carbonyl (C=O) groups is 2. The van der Waals surface area contributed by atoms with E-state index in [2.05, 4.69) is 0 Å². The largest absolute Gasteiger partial charge is 0.481 e. The zero-order chi connectivity index (χ0) is 10.6. The molecule has 0 amide bonds. The molecule has 0 saturated carbocycles. The SMILES string of the molecule is O=C(O)C(CC(=[18O])[18OH])c1ccccc1. The van der Waals surface area contributed by atoms with Gasteiger partial charge in [-0.1, -0.05) is 30.3 Å². The molecule has 0 radical (unpaired) electrons. The zero-order valence-corrected chi connectivity index (χ0v) is 7.38. The van der Waals surface area contributed by atoms with Gasteiger partial charge in [-0.15, -0.1) is 0 Å². The highest BCUT2D eigenvalue weighted by Gasteiger charge is 2.22. The van der Waals surface area contributed by atoms with Crippen molar-refractivity contribution in [3.63, 3.8) is 0 Å². The van der Waals surface area contributed by atoms with Crippen molar-refractivity contribution >= 4 is 11.9 Å². The fraction of sp³-hybridized carbons (Fsp3) is 0.200. The predicted octanol–water partition coefficient (Wildman–Crippen LogP) is 1.33. The van der Waals surface area contributed by atoms with Crippen LogP contribution in [0.15, 0.2) is 30.3 Å². The standard InChI is InChI=1S/C10H10O4/c11-9(12)6-8(10(13)14)7-4-2-1-3-5-7/h1-5,8H,6H2,(H,11,12)(H,13,14)/i11+2,12+2. The van der Waals surface area contributed by atoms with Crippen LogP contribution in [0.25, 0.3) is 0 Å². The average Bonchev–Trinajstić information content (AvgIpc) is 2.15. The van der Waals surface area contributed by atoms with Crippen molar-refractivity contribution in [2.45, 2.75) is 12.3 Å². The van der Waals surface area contributed by atoms with Crippen molar-refractivity contribution in [1.29, 1.82) is 0 Å². The molecule has 0 bridgehead atoms. The second-order valence-corrected chi connectivity index (χ2v) is 2.90. The van der Waals surface area contributed by atoms with Gasteiger partial charge in [-0.3, -0.25) is 9.59 Å². The van der Waals surface area contributed by atoms with Gasteiger partial charge in [0.2, 0.25) is 0 Å². The summed E-state index contributed by atoms with van der Waals surface area (Å²) >= 11 is 0. The molecule has 1 aromatic rings. The summed E-state index contributed by atoms with van der Waals surface area (Å²) in [6, 6.07) is 8.35. The maximum absolute atomic E-state index is 10.8. The number of carboxylic acids is 2. The molecule has 1 unspecified atom stereocenters. The Morgan fingerprint density at radius 3 is 2.43 bits per heavy atom. The van der Waals surface area contributed by atoms with E-state index in [1.807, 2.05) is 0 Å². The number of rotatable bonds is 4. The third kappa shape index (κ3) is 2.58. The average molecular weight is 198 g/mol. The Morgan fingerprint density at radius 2 is 2.00 bits per heavy atom. The minimum absolute atomic E-state index is 0.390. The lowest BCUT2D eigenvalue weighted by Gasteiger charge is -2.09. The minimum atomic E-state index is -1.11. The highest BCUT2D eigenvalue weighted by molar-refractivity contribution is 5.82. The first-order chi connectivity index (χ1) is 6.61. The molecule has 14 heavy (non-hydrogen) atoms. The summed E-state index contributed by atoms with van der Waals surface area (Å²) in [5.74, 6) is -3.19. The normalized spacial score (nSPS) is 12.0. The molecule has 4 heteroatoms. The van der Waals surface area contributed by atoms with E-state index in [0.29, 0.717) is 5.56 Å². The lowest BCUT2D eigenvalue weighted by atomic mass is 9.96. The first-order valence-electron chi connectivity index (χ1n) is 4.11. The Kier molecular flexibility index (Phi) is 3.23. The summed E-state index contributed by atoms with van der Waals surface area (Å²) in [5.41, 5.74) is 0.516. The molecule has 0 aromatic heterocycles. The maximum Gasteiger partial charge on any atom is 0.311 e. The lowest BCUT2D eigenvalue weighted by Crippen LogP contribution is -2.15. The summed E-state index contributed by atoms with van der Waals surface area (Å²) in [7, 11) is 0. The molecule has 0 heterocycles. The van der Waals surface area contributed by atoms with Gasteiger partial charge in [0, 0.05) is 0 Å². The Labute approximate surface area is 80.8 Å². The van der Waals surface area contributed by atoms with Crippen LogP contribution in [0.4, 0.5) is 0 Å². The van der Waals surface area contributed by atoms with Crippen LogP contribution in [0.3, 0.4) is 0 Å². The fourth-order valence-corrected chi connectivity index (χ4v) is 1.21. The number of hydrogen-bond acceptors (Lipinski definition) is 2. The van der Waals surface area contributed by atoms with Gasteiger partial charge >= 0.3 is 11.9 Å². The molecule has 1 aromatic carbocycles. The third-order valence-electron chi connectivity index (χ3n) is 1.88. The van der Waals surface area contributed by atoms with E-state index >= 15 is 0 Å². The lowest BCUT2D eigenvalue weighted by molar-refractivity contribution is -0.145. The zero-order valence-electron chi connectivity index (χ0n) is 7.38. The van der Waals surface area contributed by atoms with E-state index in [4.69, 9.17) is 10.2 Å². The van der Waals surface area contributed by atoms with E-state index in [9.17, 15) is 9.59 Å². The van der Waals surface area contributed by atoms with Crippen LogP contribution >= 0.6 is 0 Å². The van der Waals surface area contributed by atoms with Crippen LogP contribution in [0.2, 0.25) is 0 Å². The van der Waals surface area contributed by atoms with Crippen LogP contribution in [0, 0.1) is 0 Å². The molecule has 0 fully saturated rings. The van der Waals surface area contributed by atoms with E-state index in [0.717, 1.165) is 0 Å². The Bertz CT molecular complexity index is 331. The van der Waals surface area contributed by atoms with Gasteiger partial charge in [-0.25, -0.2) is 0 Å². The summed E-state index contributed by atoms with van der Waals surface area (Å²) in [5, 5.41) is 17.3. The number of hydrogen-bond donors (Lipinski definition) is 2. The molecule has 0 saturated heterocycles. The monoisotopic (exact) mass is 198 g/mol. The Morgan fingerprint density at radius 1 is 1.43 bits per heavy atom. The highest BCUT2D eigenvalue weighted by Crippen LogP contribution is 2.19. The van der Waals surface area contributed by atoms with Crippen LogP contribution < -0.4 is 0 Å². The highest BCUT2D eigenvalue weighted by atomic mass is 18.2. The molecule has 2 N–H and O–H groups in total. The van der Waals surface area contributed by atoms with Crippen LogP contribution in [-0.4, -0.2) is 22.2 Å². The first kappa shape index (κ1) is 10.2. The molecule has 1 rings (SSSR count). The van der Waals surface area contributed by atoms with Gasteiger partial charge in [-0.2, -0.15) is 0 Å². The summed E-state index contributed by atoms with van der Waals surface area (Å²) < 4.78 is 0. The second-order valence-electron chi connectivity index (χ2n) is 2.90. The Hall–Kier alpha value is -1.84. The summed E-state index contributed by atoms with van der Waals surface area (Å²) in [6.07, 6.45) is -0.390. The number of aliphatic carboxylic acids is 2. The minimum Gasteiger partial charge on any atom is -0.481 e. The van der Waals surface area contributed by atoms with Gasteiger partial charge < -0.3 is 10.2 Å². The predicted molar refractivity (Wildman–Crippen MR) is 49.1 cm³/mol. The first-order valence-corrected chi connectivity index (χ1v) is 4.11. The molecular formula is C10H10O4. The van der Waals surface area contributed by atoms with E-state index in [-0.39, 0.29) is 6.42 Å². The van der Waals surface area contributed by atoms with Crippen LogP contribution in [-0.2, 0) is 9.59 Å². The fourth-order valence-electron chi connectivity index (χ4n) is 1.21. The van der Waals surface area contributed by atoms with E-state index < -0.39 is 17.9 Å². The van der Waals surface area contributed by atoms with Crippen molar-refractivity contribution in [3.05, 3.63) is 35.9 Å². The molecule has 4 nitrogen and oxygen atoms in total. The summed E-state index contributed by atoms with van der Waals surface area (Å²) in [4.78, 5) is 21.2. The molecule has 1 atom stereocenters. The van der Waals surface area contributed by atoms with Gasteiger partial charge in [0.1, 0.15) is 0 Å². The molecule has 74 valence electrons. The summed E-state index contributed by atoms with van der Waals surface area (Å²) in [6.45, 7) is 0. The van der Waals surface area contributed by atoms with Crippen molar-refractivity contribution in [2.75, 3.05) is 0 Å². The molecule has 0 spiro atoms. The molecule has 0 aliphatic heterocycles. The van der Waals surface area contributed by atoms with E-state index in [1.54, 1.807) is 30.3 Å². The number of carboxylic acid groups (broad SMARTS) is 2. The van der Waals surface area contributed by atoms with Crippen molar-refractivity contribution in [1.82, 2.24) is 0 Å². The molecule has 0 aliphatic carbocycles. The smallest absolute Gasteiger partial charge is 0.311 e. The van der Waals surface area contributed by atoms with E-state index in [1.165, 1.54) is 0 Å². The topological polar surface area (TPSA) is 74.6 Å². The van der Waals surface area contributed by atoms with Gasteiger partial charge in [0.15, 0.2) is 0 Å². The van der Waals surface area contributed by atoms with Crippen molar-refractivity contribution < 1.29 is 19.8 Å². The maximum atomic E-state index is 10.8. The van der Waals surface area contributed by atoms with Crippen LogP contribution in [0.5, 0.6) is 0 Å². The Balaban J connectivity index is 2.89. The van der Waals surface area contributed by atoms with Gasteiger partial charge in [0.05, 0.1) is 12.3 Å². The van der Waals surface area contributed by atoms with Crippen molar-refractivity contribution in [3.8, 4) is 0 Å². The second kappa shape index (κ2) is 4.41. The van der Waals surface area contributed by atoms with Gasteiger partial charge in [0.25, 0.3) is 0 Å². The molecular weight excluding hydrogens is 188 g/mol. The van der Waals surface area contributed by atoms with Crippen molar-refractivity contribution in [2.24, 2.45) is 0 Å². The third-order valence-corrected chi connectivity index (χ3v) is 1.88. The number of benzene rings is 1. The van der Waals surface area contributed by atoms with Crippen LogP contribution in [0.1, 0.15) is 17.9 Å². The molecule has 0 aliphatic rings.